The number of thioether (sulfide) groups is 1. The average molecular weight is 407 g/mol. The van der Waals surface area contributed by atoms with Gasteiger partial charge in [-0.25, -0.2) is 4.98 Å². The number of nitrogens with one attached hydrogen (secondary N) is 1. The number of likely N-dealkylation sites (tertiary alicyclic amines) is 1. The van der Waals surface area contributed by atoms with E-state index in [1.807, 2.05) is 13.1 Å². The lowest BCUT2D eigenvalue weighted by molar-refractivity contribution is 0.181. The van der Waals surface area contributed by atoms with Gasteiger partial charge in [0.15, 0.2) is 0 Å². The van der Waals surface area contributed by atoms with Crippen LogP contribution in [0.25, 0.3) is 15.7 Å². The molecule has 1 aliphatic carbocycles. The minimum atomic E-state index is 0.851. The molecule has 1 aromatic carbocycles. The number of nitrogens with zero attached hydrogens (tertiary/aromatic N) is 3. The van der Waals surface area contributed by atoms with Crippen LogP contribution in [-0.2, 0) is 0 Å². The Morgan fingerprint density at radius 1 is 1.21 bits per heavy atom. The molecular weight excluding hydrogens is 376 g/mol. The molecule has 2 aromatic rings. The van der Waals surface area contributed by atoms with E-state index in [9.17, 15) is 0 Å². The molecule has 4 rings (SSSR count). The zero-order chi connectivity index (χ0) is 20.4. The monoisotopic (exact) mass is 406 g/mol. The van der Waals surface area contributed by atoms with Crippen LogP contribution in [0.4, 0.5) is 5.82 Å². The standard InChI is InChI=1S/C24H30N4S/c1-16(13-28-14-19-5-6-20(9-19)15-28)27-24-11-23-10-21(7-8-22(23)12-26-24)17(2)29-18(3)25-4/h7-8,10-12,19-20H,1-2,5-6,9,13-15H2,3-4H3,(H,26,27). The predicted octanol–water partition coefficient (Wildman–Crippen LogP) is 5.64. The third-order valence-corrected chi connectivity index (χ3v) is 6.99. The number of hydrogen-bond acceptors (Lipinski definition) is 5. The molecule has 1 aromatic heterocycles. The van der Waals surface area contributed by atoms with Crippen molar-refractivity contribution in [3.8, 4) is 0 Å². The quantitative estimate of drug-likeness (QED) is 0.497. The molecule has 29 heavy (non-hydrogen) atoms. The maximum atomic E-state index is 4.58. The molecule has 0 amide bonds. The predicted molar refractivity (Wildman–Crippen MR) is 127 cm³/mol. The summed E-state index contributed by atoms with van der Waals surface area (Å²) in [6.45, 7) is 13.8. The Kier molecular flexibility index (Phi) is 6.07. The Hall–Kier alpha value is -2.11. The van der Waals surface area contributed by atoms with Crippen molar-refractivity contribution in [3.63, 3.8) is 0 Å². The van der Waals surface area contributed by atoms with Crippen molar-refractivity contribution >= 4 is 38.3 Å². The van der Waals surface area contributed by atoms with Crippen LogP contribution in [0.2, 0.25) is 0 Å². The maximum absolute atomic E-state index is 4.58. The van der Waals surface area contributed by atoms with Gasteiger partial charge in [0.05, 0.1) is 5.04 Å². The number of benzene rings is 1. The summed E-state index contributed by atoms with van der Waals surface area (Å²) in [5.41, 5.74) is 2.13. The molecule has 152 valence electrons. The second-order valence-electron chi connectivity index (χ2n) is 8.37. The van der Waals surface area contributed by atoms with Crippen LogP contribution >= 0.6 is 11.8 Å². The third kappa shape index (κ3) is 4.90. The van der Waals surface area contributed by atoms with Crippen LogP contribution in [0, 0.1) is 11.8 Å². The SMILES string of the molecule is C=C(CN1CC2CCC(C2)C1)Nc1cc2cc(C(=C)SC(C)=NC)ccc2cn1. The highest BCUT2D eigenvalue weighted by atomic mass is 32.2. The van der Waals surface area contributed by atoms with E-state index in [-0.39, 0.29) is 0 Å². The van der Waals surface area contributed by atoms with Gasteiger partial charge in [-0.15, -0.1) is 0 Å². The Labute approximate surface area is 178 Å². The molecule has 4 nitrogen and oxygen atoms in total. The van der Waals surface area contributed by atoms with Crippen LogP contribution in [0.1, 0.15) is 31.7 Å². The molecule has 2 unspecified atom stereocenters. The summed E-state index contributed by atoms with van der Waals surface area (Å²) >= 11 is 1.61. The van der Waals surface area contributed by atoms with Crippen molar-refractivity contribution in [3.05, 3.63) is 54.9 Å². The van der Waals surface area contributed by atoms with Crippen LogP contribution in [0.15, 0.2) is 54.3 Å². The molecule has 2 aliphatic rings. The van der Waals surface area contributed by atoms with E-state index in [2.05, 4.69) is 57.6 Å². The first-order chi connectivity index (χ1) is 14.0. The number of pyridine rings is 1. The van der Waals surface area contributed by atoms with Gasteiger partial charge in [0.1, 0.15) is 5.82 Å². The molecule has 2 bridgehead atoms. The van der Waals surface area contributed by atoms with E-state index < -0.39 is 0 Å². The number of fused-ring (bicyclic) bond motifs is 3. The van der Waals surface area contributed by atoms with E-state index in [1.54, 1.807) is 18.8 Å². The Balaban J connectivity index is 1.43. The third-order valence-electron chi connectivity index (χ3n) is 6.03. The number of hydrogen-bond donors (Lipinski definition) is 1. The Morgan fingerprint density at radius 3 is 2.69 bits per heavy atom. The first-order valence-corrected chi connectivity index (χ1v) is 11.2. The van der Waals surface area contributed by atoms with E-state index in [1.165, 1.54) is 32.4 Å². The van der Waals surface area contributed by atoms with E-state index >= 15 is 0 Å². The summed E-state index contributed by atoms with van der Waals surface area (Å²) in [6.07, 6.45) is 6.16. The van der Waals surface area contributed by atoms with Gasteiger partial charge in [-0.1, -0.05) is 37.1 Å². The van der Waals surface area contributed by atoms with Gasteiger partial charge in [-0.2, -0.15) is 0 Å². The first kappa shape index (κ1) is 20.2. The van der Waals surface area contributed by atoms with Crippen molar-refractivity contribution in [1.29, 1.82) is 0 Å². The van der Waals surface area contributed by atoms with Crippen LogP contribution < -0.4 is 5.32 Å². The molecular formula is C24H30N4S. The van der Waals surface area contributed by atoms with Crippen molar-refractivity contribution in [1.82, 2.24) is 9.88 Å². The van der Waals surface area contributed by atoms with Crippen molar-refractivity contribution in [2.45, 2.75) is 26.2 Å². The summed E-state index contributed by atoms with van der Waals surface area (Å²) < 4.78 is 0. The summed E-state index contributed by atoms with van der Waals surface area (Å²) in [7, 11) is 1.81. The number of rotatable bonds is 6. The first-order valence-electron chi connectivity index (χ1n) is 10.4. The largest absolute Gasteiger partial charge is 0.343 e. The second kappa shape index (κ2) is 8.72. The number of aliphatic imine (C=N–C) groups is 1. The summed E-state index contributed by atoms with van der Waals surface area (Å²) in [4.78, 5) is 12.4. The number of piperidine rings is 1. The average Bonchev–Trinajstić information content (AvgIpc) is 3.05. The molecule has 0 spiro atoms. The lowest BCUT2D eigenvalue weighted by Crippen LogP contribution is -2.38. The fourth-order valence-corrected chi connectivity index (χ4v) is 5.29. The molecule has 1 saturated heterocycles. The van der Waals surface area contributed by atoms with Gasteiger partial charge in [-0.3, -0.25) is 9.89 Å². The highest BCUT2D eigenvalue weighted by Gasteiger charge is 2.32. The summed E-state index contributed by atoms with van der Waals surface area (Å²) in [6, 6.07) is 8.47. The van der Waals surface area contributed by atoms with Gasteiger partial charge in [0, 0.05) is 48.9 Å². The van der Waals surface area contributed by atoms with Crippen molar-refractivity contribution in [2.75, 3.05) is 32.0 Å². The zero-order valence-electron chi connectivity index (χ0n) is 17.4. The molecule has 2 heterocycles. The normalized spacial score (nSPS) is 22.1. The molecule has 0 radical (unpaired) electrons. The van der Waals surface area contributed by atoms with Crippen LogP contribution in [0.3, 0.4) is 0 Å². The van der Waals surface area contributed by atoms with E-state index in [0.29, 0.717) is 0 Å². The fourth-order valence-electron chi connectivity index (χ4n) is 4.60. The molecule has 2 atom stereocenters. The molecule has 1 aliphatic heterocycles. The minimum Gasteiger partial charge on any atom is -0.343 e. The van der Waals surface area contributed by atoms with Crippen molar-refractivity contribution in [2.24, 2.45) is 16.8 Å². The zero-order valence-corrected chi connectivity index (χ0v) is 18.3. The van der Waals surface area contributed by atoms with E-state index in [0.717, 1.165) is 56.2 Å². The highest BCUT2D eigenvalue weighted by molar-refractivity contribution is 8.21. The minimum absolute atomic E-state index is 0.851. The van der Waals surface area contributed by atoms with Gasteiger partial charge in [0.25, 0.3) is 0 Å². The second-order valence-corrected chi connectivity index (χ2v) is 9.65. The topological polar surface area (TPSA) is 40.5 Å². The van der Waals surface area contributed by atoms with Gasteiger partial charge in [-0.05, 0) is 61.1 Å². The number of aromatic nitrogens is 1. The van der Waals surface area contributed by atoms with Gasteiger partial charge in [0.2, 0.25) is 0 Å². The van der Waals surface area contributed by atoms with Crippen LogP contribution in [0.5, 0.6) is 0 Å². The molecule has 1 saturated carbocycles. The van der Waals surface area contributed by atoms with Crippen molar-refractivity contribution < 1.29 is 0 Å². The smallest absolute Gasteiger partial charge is 0.130 e. The van der Waals surface area contributed by atoms with E-state index in [4.69, 9.17) is 0 Å². The molecule has 1 N–H and O–H groups in total. The maximum Gasteiger partial charge on any atom is 0.130 e. The fraction of sp³-hybridized carbons (Fsp3) is 0.417. The lowest BCUT2D eigenvalue weighted by Gasteiger charge is -2.32. The number of anilines is 1. The highest BCUT2D eigenvalue weighted by Crippen LogP contribution is 2.36. The van der Waals surface area contributed by atoms with Gasteiger partial charge < -0.3 is 5.32 Å². The lowest BCUT2D eigenvalue weighted by atomic mass is 9.99. The van der Waals surface area contributed by atoms with Crippen LogP contribution in [-0.4, -0.2) is 41.6 Å². The van der Waals surface area contributed by atoms with Gasteiger partial charge >= 0.3 is 0 Å². The molecule has 5 heteroatoms. The Bertz CT molecular complexity index is 953. The summed E-state index contributed by atoms with van der Waals surface area (Å²) in [5, 5.41) is 6.71. The Morgan fingerprint density at radius 2 is 1.97 bits per heavy atom. The summed E-state index contributed by atoms with van der Waals surface area (Å²) in [5.74, 6) is 2.64. The molecule has 2 fully saturated rings.